The fourth-order valence-corrected chi connectivity index (χ4v) is 2.96. The Balaban J connectivity index is 0.00000289. The summed E-state index contributed by atoms with van der Waals surface area (Å²) in [5.74, 6) is 2.02. The standard InChI is InChI=1S/C25H23N3O3.CH4/c1-2-3-16-30-20-14-15-21(22(29)17-20)24-26-23(18-10-6-4-7-11-18)27-25(28-24)31-19-12-8-5-9-13-19;/h4-15,17,29H,2-3,16H2,1H3;1H4. The summed E-state index contributed by atoms with van der Waals surface area (Å²) < 4.78 is 11.5. The van der Waals surface area contributed by atoms with Crippen molar-refractivity contribution in [3.8, 4) is 46.0 Å². The highest BCUT2D eigenvalue weighted by Crippen LogP contribution is 2.33. The molecule has 0 aliphatic heterocycles. The fourth-order valence-electron chi connectivity index (χ4n) is 2.96. The van der Waals surface area contributed by atoms with Gasteiger partial charge in [-0.15, -0.1) is 0 Å². The number of hydrogen-bond acceptors (Lipinski definition) is 6. The van der Waals surface area contributed by atoms with Crippen LogP contribution in [-0.2, 0) is 0 Å². The smallest absolute Gasteiger partial charge is 0.326 e. The minimum atomic E-state index is 0. The van der Waals surface area contributed by atoms with Gasteiger partial charge in [-0.1, -0.05) is 69.3 Å². The van der Waals surface area contributed by atoms with Gasteiger partial charge in [0.2, 0.25) is 0 Å². The first-order chi connectivity index (χ1) is 15.2. The van der Waals surface area contributed by atoms with E-state index in [1.54, 1.807) is 18.2 Å². The molecule has 0 fully saturated rings. The molecule has 0 bridgehead atoms. The maximum absolute atomic E-state index is 10.6. The predicted molar refractivity (Wildman–Crippen MR) is 126 cm³/mol. The minimum absolute atomic E-state index is 0. The first-order valence-electron chi connectivity index (χ1n) is 10.2. The third-order valence-electron chi connectivity index (χ3n) is 4.58. The second-order valence-corrected chi connectivity index (χ2v) is 6.93. The van der Waals surface area contributed by atoms with Crippen LogP contribution in [0.3, 0.4) is 0 Å². The molecule has 0 saturated carbocycles. The van der Waals surface area contributed by atoms with E-state index in [1.165, 1.54) is 0 Å². The summed E-state index contributed by atoms with van der Waals surface area (Å²) in [7, 11) is 0. The summed E-state index contributed by atoms with van der Waals surface area (Å²) in [5.41, 5.74) is 1.29. The monoisotopic (exact) mass is 429 g/mol. The largest absolute Gasteiger partial charge is 0.507 e. The summed E-state index contributed by atoms with van der Waals surface area (Å²) in [6.07, 6.45) is 2.00. The Hall–Kier alpha value is -3.93. The third-order valence-corrected chi connectivity index (χ3v) is 4.58. The molecule has 0 radical (unpaired) electrons. The summed E-state index contributed by atoms with van der Waals surface area (Å²) >= 11 is 0. The minimum Gasteiger partial charge on any atom is -0.507 e. The van der Waals surface area contributed by atoms with Gasteiger partial charge < -0.3 is 14.6 Å². The molecule has 1 heterocycles. The molecule has 0 amide bonds. The lowest BCUT2D eigenvalue weighted by atomic mass is 10.1. The number of phenolic OH excluding ortho intramolecular Hbond substituents is 1. The molecule has 1 N–H and O–H groups in total. The maximum Gasteiger partial charge on any atom is 0.326 e. The van der Waals surface area contributed by atoms with Crippen molar-refractivity contribution in [2.45, 2.75) is 27.2 Å². The van der Waals surface area contributed by atoms with Crippen LogP contribution in [0.25, 0.3) is 22.8 Å². The van der Waals surface area contributed by atoms with E-state index in [1.807, 2.05) is 60.7 Å². The molecule has 4 aromatic rings. The molecule has 3 aromatic carbocycles. The van der Waals surface area contributed by atoms with E-state index in [2.05, 4.69) is 21.9 Å². The quantitative estimate of drug-likeness (QED) is 0.321. The van der Waals surface area contributed by atoms with Crippen LogP contribution in [0.4, 0.5) is 0 Å². The zero-order chi connectivity index (χ0) is 21.5. The van der Waals surface area contributed by atoms with Gasteiger partial charge in [-0.05, 0) is 30.7 Å². The molecular weight excluding hydrogens is 402 g/mol. The Labute approximate surface area is 188 Å². The number of ether oxygens (including phenoxy) is 2. The topological polar surface area (TPSA) is 77.4 Å². The lowest BCUT2D eigenvalue weighted by molar-refractivity contribution is 0.307. The third kappa shape index (κ3) is 5.60. The van der Waals surface area contributed by atoms with Crippen LogP contribution in [0.2, 0.25) is 0 Å². The Bertz CT molecular complexity index is 1140. The summed E-state index contributed by atoms with van der Waals surface area (Å²) in [6, 6.07) is 24.2. The molecule has 0 spiro atoms. The van der Waals surface area contributed by atoms with Crippen molar-refractivity contribution < 1.29 is 14.6 Å². The van der Waals surface area contributed by atoms with E-state index in [9.17, 15) is 5.11 Å². The van der Waals surface area contributed by atoms with Crippen molar-refractivity contribution in [3.63, 3.8) is 0 Å². The van der Waals surface area contributed by atoms with E-state index < -0.39 is 0 Å². The average molecular weight is 430 g/mol. The number of para-hydroxylation sites is 1. The molecule has 0 unspecified atom stereocenters. The summed E-state index contributed by atoms with van der Waals surface area (Å²) in [6.45, 7) is 2.71. The molecule has 6 nitrogen and oxygen atoms in total. The van der Waals surface area contributed by atoms with Gasteiger partial charge in [0, 0.05) is 11.6 Å². The zero-order valence-electron chi connectivity index (χ0n) is 17.2. The molecule has 0 aliphatic carbocycles. The van der Waals surface area contributed by atoms with Crippen molar-refractivity contribution in [2.24, 2.45) is 0 Å². The normalized spacial score (nSPS) is 10.3. The van der Waals surface area contributed by atoms with Gasteiger partial charge in [0.05, 0.1) is 12.2 Å². The van der Waals surface area contributed by atoms with Crippen LogP contribution in [0.15, 0.2) is 78.9 Å². The van der Waals surface area contributed by atoms with Gasteiger partial charge in [-0.25, -0.2) is 4.98 Å². The molecule has 6 heteroatoms. The summed E-state index contributed by atoms with van der Waals surface area (Å²) in [5, 5.41) is 10.6. The average Bonchev–Trinajstić information content (AvgIpc) is 2.80. The number of phenols is 1. The molecule has 0 atom stereocenters. The van der Waals surface area contributed by atoms with Gasteiger partial charge in [-0.3, -0.25) is 0 Å². The summed E-state index contributed by atoms with van der Waals surface area (Å²) in [4.78, 5) is 13.5. The molecule has 4 rings (SSSR count). The van der Waals surface area contributed by atoms with Crippen molar-refractivity contribution >= 4 is 0 Å². The Morgan fingerprint density at radius 3 is 2.16 bits per heavy atom. The van der Waals surface area contributed by atoms with E-state index in [-0.39, 0.29) is 19.2 Å². The van der Waals surface area contributed by atoms with Crippen molar-refractivity contribution in [3.05, 3.63) is 78.9 Å². The molecule has 0 aliphatic rings. The van der Waals surface area contributed by atoms with Gasteiger partial charge in [0.25, 0.3) is 0 Å². The number of aromatic nitrogens is 3. The number of hydrogen-bond donors (Lipinski definition) is 1. The van der Waals surface area contributed by atoms with Crippen molar-refractivity contribution in [1.82, 2.24) is 15.0 Å². The van der Waals surface area contributed by atoms with Crippen molar-refractivity contribution in [1.29, 1.82) is 0 Å². The fraction of sp³-hybridized carbons (Fsp3) is 0.192. The predicted octanol–water partition coefficient (Wildman–Crippen LogP) is 6.52. The molecule has 164 valence electrons. The van der Waals surface area contributed by atoms with Crippen molar-refractivity contribution in [2.75, 3.05) is 6.61 Å². The number of aromatic hydroxyl groups is 1. The Kier molecular flexibility index (Phi) is 7.75. The van der Waals surface area contributed by atoms with E-state index in [0.29, 0.717) is 35.3 Å². The lowest BCUT2D eigenvalue weighted by Gasteiger charge is -2.11. The van der Waals surface area contributed by atoms with Gasteiger partial charge in [0.15, 0.2) is 11.6 Å². The van der Waals surface area contributed by atoms with E-state index in [4.69, 9.17) is 9.47 Å². The first kappa shape index (κ1) is 22.7. The second-order valence-electron chi connectivity index (χ2n) is 6.93. The van der Waals surface area contributed by atoms with Crippen LogP contribution in [0, 0.1) is 0 Å². The Morgan fingerprint density at radius 1 is 0.781 bits per heavy atom. The van der Waals surface area contributed by atoms with Crippen LogP contribution in [0.1, 0.15) is 27.2 Å². The SMILES string of the molecule is C.CCCCOc1ccc(-c2nc(Oc3ccccc3)nc(-c3ccccc3)n2)c(O)c1. The van der Waals surface area contributed by atoms with E-state index >= 15 is 0 Å². The molecular formula is C26H27N3O3. The highest BCUT2D eigenvalue weighted by Gasteiger charge is 2.15. The number of benzene rings is 3. The van der Waals surface area contributed by atoms with Gasteiger partial charge in [0.1, 0.15) is 17.2 Å². The van der Waals surface area contributed by atoms with Gasteiger partial charge >= 0.3 is 6.01 Å². The highest BCUT2D eigenvalue weighted by atomic mass is 16.5. The first-order valence-corrected chi connectivity index (χ1v) is 10.2. The number of unbranched alkanes of at least 4 members (excludes halogenated alkanes) is 1. The van der Waals surface area contributed by atoms with Gasteiger partial charge in [-0.2, -0.15) is 9.97 Å². The maximum atomic E-state index is 10.6. The number of nitrogens with zero attached hydrogens (tertiary/aromatic N) is 3. The molecule has 1 aromatic heterocycles. The van der Waals surface area contributed by atoms with Crippen LogP contribution < -0.4 is 9.47 Å². The molecule has 32 heavy (non-hydrogen) atoms. The molecule has 0 saturated heterocycles. The van der Waals surface area contributed by atoms with Crippen LogP contribution in [0.5, 0.6) is 23.3 Å². The van der Waals surface area contributed by atoms with Crippen LogP contribution in [-0.4, -0.2) is 26.7 Å². The second kappa shape index (κ2) is 10.9. The highest BCUT2D eigenvalue weighted by molar-refractivity contribution is 5.67. The Morgan fingerprint density at radius 2 is 1.47 bits per heavy atom. The number of rotatable bonds is 8. The lowest BCUT2D eigenvalue weighted by Crippen LogP contribution is -2.01. The van der Waals surface area contributed by atoms with E-state index in [0.717, 1.165) is 18.4 Å². The van der Waals surface area contributed by atoms with Crippen LogP contribution >= 0.6 is 0 Å². The zero-order valence-corrected chi connectivity index (χ0v) is 17.2.